The van der Waals surface area contributed by atoms with E-state index in [4.69, 9.17) is 4.74 Å². The lowest BCUT2D eigenvalue weighted by atomic mass is 10.1. The van der Waals surface area contributed by atoms with Crippen LogP contribution in [0.25, 0.3) is 0 Å². The molecule has 0 atom stereocenters. The Morgan fingerprint density at radius 2 is 1.21 bits per heavy atom. The minimum Gasteiger partial charge on any atom is -0.497 e. The summed E-state index contributed by atoms with van der Waals surface area (Å²) < 4.78 is 5.15. The van der Waals surface area contributed by atoms with Crippen molar-refractivity contribution in [2.24, 2.45) is 0 Å². The molecule has 146 valence electrons. The Morgan fingerprint density at radius 3 is 1.79 bits per heavy atom. The molecule has 2 N–H and O–H groups in total. The Labute approximate surface area is 168 Å². The van der Waals surface area contributed by atoms with Crippen LogP contribution in [0.1, 0.15) is 38.0 Å². The molecule has 0 aliphatic heterocycles. The fraction of sp³-hybridized carbons (Fsp3) is 0.0870. The first-order chi connectivity index (χ1) is 14.0. The van der Waals surface area contributed by atoms with E-state index in [9.17, 15) is 14.4 Å². The van der Waals surface area contributed by atoms with Gasteiger partial charge >= 0.3 is 0 Å². The van der Waals surface area contributed by atoms with Crippen LogP contribution in [0.15, 0.2) is 72.8 Å². The highest BCUT2D eigenvalue weighted by atomic mass is 16.5. The third-order valence-corrected chi connectivity index (χ3v) is 4.24. The van der Waals surface area contributed by atoms with Crippen LogP contribution in [-0.4, -0.2) is 24.7 Å². The predicted octanol–water partition coefficient (Wildman–Crippen LogP) is 4.40. The van der Waals surface area contributed by atoms with Gasteiger partial charge in [-0.25, -0.2) is 0 Å². The monoisotopic (exact) mass is 388 g/mol. The van der Waals surface area contributed by atoms with Crippen molar-refractivity contribution >= 4 is 29.0 Å². The van der Waals surface area contributed by atoms with E-state index < -0.39 is 0 Å². The lowest BCUT2D eigenvalue weighted by molar-refractivity contribution is 0.100. The largest absolute Gasteiger partial charge is 0.497 e. The summed E-state index contributed by atoms with van der Waals surface area (Å²) in [5, 5.41) is 5.53. The first-order valence-electron chi connectivity index (χ1n) is 8.94. The van der Waals surface area contributed by atoms with E-state index in [1.807, 2.05) is 0 Å². The number of amides is 2. The summed E-state index contributed by atoms with van der Waals surface area (Å²) >= 11 is 0. The average molecular weight is 388 g/mol. The number of hydrogen-bond acceptors (Lipinski definition) is 4. The van der Waals surface area contributed by atoms with Crippen molar-refractivity contribution in [3.8, 4) is 5.75 Å². The smallest absolute Gasteiger partial charge is 0.255 e. The van der Waals surface area contributed by atoms with Crippen LogP contribution < -0.4 is 15.4 Å². The van der Waals surface area contributed by atoms with Gasteiger partial charge in [-0.1, -0.05) is 24.3 Å². The van der Waals surface area contributed by atoms with Gasteiger partial charge in [0.2, 0.25) is 0 Å². The highest BCUT2D eigenvalue weighted by Crippen LogP contribution is 2.18. The Morgan fingerprint density at radius 1 is 0.690 bits per heavy atom. The van der Waals surface area contributed by atoms with Crippen molar-refractivity contribution in [2.45, 2.75) is 6.92 Å². The molecule has 3 rings (SSSR count). The highest BCUT2D eigenvalue weighted by Gasteiger charge is 2.12. The predicted molar refractivity (Wildman–Crippen MR) is 112 cm³/mol. The van der Waals surface area contributed by atoms with Gasteiger partial charge in [0.15, 0.2) is 5.78 Å². The molecular formula is C23H20N2O4. The average Bonchev–Trinajstić information content (AvgIpc) is 2.74. The molecule has 0 unspecified atom stereocenters. The topological polar surface area (TPSA) is 84.5 Å². The van der Waals surface area contributed by atoms with Crippen LogP contribution in [0.3, 0.4) is 0 Å². The molecule has 6 heteroatoms. The fourth-order valence-corrected chi connectivity index (χ4v) is 2.72. The number of anilines is 2. The van der Waals surface area contributed by atoms with Crippen LogP contribution >= 0.6 is 0 Å². The summed E-state index contributed by atoms with van der Waals surface area (Å²) in [6.45, 7) is 1.46. The zero-order valence-corrected chi connectivity index (χ0v) is 16.1. The second kappa shape index (κ2) is 8.84. The second-order valence-corrected chi connectivity index (χ2v) is 6.36. The molecule has 0 saturated carbocycles. The molecule has 6 nitrogen and oxygen atoms in total. The third kappa shape index (κ3) is 5.07. The number of hydrogen-bond donors (Lipinski definition) is 2. The van der Waals surface area contributed by atoms with Crippen molar-refractivity contribution in [1.82, 2.24) is 0 Å². The molecule has 0 spiro atoms. The first-order valence-corrected chi connectivity index (χ1v) is 8.94. The minimum absolute atomic E-state index is 0.0858. The normalized spacial score (nSPS) is 10.1. The lowest BCUT2D eigenvalue weighted by Crippen LogP contribution is -2.15. The van der Waals surface area contributed by atoms with Crippen LogP contribution in [0.2, 0.25) is 0 Å². The SMILES string of the molecule is COc1cccc(NC(=O)c2cccc(C(=O)Nc3cccc(C(C)=O)c3)c2)c1. The van der Waals surface area contributed by atoms with E-state index in [0.717, 1.165) is 0 Å². The zero-order valence-electron chi connectivity index (χ0n) is 16.1. The number of rotatable bonds is 6. The molecule has 0 aliphatic carbocycles. The van der Waals surface area contributed by atoms with E-state index >= 15 is 0 Å². The van der Waals surface area contributed by atoms with Gasteiger partial charge in [0.25, 0.3) is 11.8 Å². The van der Waals surface area contributed by atoms with Crippen molar-refractivity contribution in [2.75, 3.05) is 17.7 Å². The highest BCUT2D eigenvalue weighted by molar-refractivity contribution is 6.09. The van der Waals surface area contributed by atoms with Gasteiger partial charge < -0.3 is 15.4 Å². The summed E-state index contributed by atoms with van der Waals surface area (Å²) in [4.78, 5) is 36.6. The van der Waals surface area contributed by atoms with E-state index in [1.165, 1.54) is 13.0 Å². The van der Waals surface area contributed by atoms with Crippen LogP contribution in [0.5, 0.6) is 5.75 Å². The maximum atomic E-state index is 12.6. The zero-order chi connectivity index (χ0) is 20.8. The number of nitrogens with one attached hydrogen (secondary N) is 2. The van der Waals surface area contributed by atoms with E-state index in [-0.39, 0.29) is 17.6 Å². The summed E-state index contributed by atoms with van der Waals surface area (Å²) in [5.41, 5.74) is 2.28. The summed E-state index contributed by atoms with van der Waals surface area (Å²) in [6.07, 6.45) is 0. The van der Waals surface area contributed by atoms with E-state index in [2.05, 4.69) is 10.6 Å². The summed E-state index contributed by atoms with van der Waals surface area (Å²) in [5.74, 6) is -0.172. The van der Waals surface area contributed by atoms with Gasteiger partial charge in [-0.15, -0.1) is 0 Å². The van der Waals surface area contributed by atoms with Gasteiger partial charge in [0.05, 0.1) is 7.11 Å². The molecule has 3 aromatic rings. The van der Waals surface area contributed by atoms with Crippen LogP contribution in [0.4, 0.5) is 11.4 Å². The Balaban J connectivity index is 1.74. The Hall–Kier alpha value is -3.93. The van der Waals surface area contributed by atoms with E-state index in [0.29, 0.717) is 33.8 Å². The lowest BCUT2D eigenvalue weighted by Gasteiger charge is -2.09. The van der Waals surface area contributed by atoms with Gasteiger partial charge in [0.1, 0.15) is 5.75 Å². The van der Waals surface area contributed by atoms with Crippen LogP contribution in [-0.2, 0) is 0 Å². The van der Waals surface area contributed by atoms with Gasteiger partial charge in [-0.3, -0.25) is 14.4 Å². The Bertz CT molecular complexity index is 1080. The molecule has 3 aromatic carbocycles. The number of ketones is 1. The van der Waals surface area contributed by atoms with Gasteiger partial charge in [-0.05, 0) is 49.4 Å². The van der Waals surface area contributed by atoms with Crippen molar-refractivity contribution in [3.05, 3.63) is 89.5 Å². The summed E-state index contributed by atoms with van der Waals surface area (Å²) in [7, 11) is 1.55. The number of carbonyl (C=O) groups excluding carboxylic acids is 3. The minimum atomic E-state index is -0.373. The number of benzene rings is 3. The maximum absolute atomic E-state index is 12.6. The molecule has 29 heavy (non-hydrogen) atoms. The molecule has 0 heterocycles. The Kier molecular flexibility index (Phi) is 6.04. The quantitative estimate of drug-likeness (QED) is 0.613. The molecule has 0 aromatic heterocycles. The number of ether oxygens (including phenoxy) is 1. The molecule has 0 radical (unpaired) electrons. The van der Waals surface area contributed by atoms with Gasteiger partial charge in [-0.2, -0.15) is 0 Å². The third-order valence-electron chi connectivity index (χ3n) is 4.24. The second-order valence-electron chi connectivity index (χ2n) is 6.36. The van der Waals surface area contributed by atoms with E-state index in [1.54, 1.807) is 73.8 Å². The molecule has 2 amide bonds. The maximum Gasteiger partial charge on any atom is 0.255 e. The number of Topliss-reactive ketones (excluding diaryl/α,β-unsaturated/α-hetero) is 1. The molecule has 0 aliphatic rings. The molecular weight excluding hydrogens is 368 g/mol. The summed E-state index contributed by atoms with van der Waals surface area (Å²) in [6, 6.07) is 20.1. The van der Waals surface area contributed by atoms with Gasteiger partial charge in [0, 0.05) is 34.1 Å². The van der Waals surface area contributed by atoms with Crippen LogP contribution in [0, 0.1) is 0 Å². The molecule has 0 fully saturated rings. The number of methoxy groups -OCH3 is 1. The van der Waals surface area contributed by atoms with Crippen molar-refractivity contribution < 1.29 is 19.1 Å². The van der Waals surface area contributed by atoms with Crippen molar-refractivity contribution in [1.29, 1.82) is 0 Å². The van der Waals surface area contributed by atoms with Crippen molar-refractivity contribution in [3.63, 3.8) is 0 Å². The standard InChI is InChI=1S/C23H20N2O4/c1-15(26)16-6-4-9-19(13-16)24-22(27)17-7-3-8-18(12-17)23(28)25-20-10-5-11-21(14-20)29-2/h3-14H,1-2H3,(H,24,27)(H,25,28). The first kappa shape index (κ1) is 19.8. The number of carbonyl (C=O) groups is 3. The molecule has 0 bridgehead atoms. The molecule has 0 saturated heterocycles. The fourth-order valence-electron chi connectivity index (χ4n) is 2.72.